The summed E-state index contributed by atoms with van der Waals surface area (Å²) in [6.45, 7) is 1.81. The average Bonchev–Trinajstić information content (AvgIpc) is 2.44. The molecule has 0 amide bonds. The van der Waals surface area contributed by atoms with Gasteiger partial charge in [-0.25, -0.2) is 9.59 Å². The number of nitrogens with zero attached hydrogens (tertiary/aromatic N) is 1. The molecule has 1 unspecified atom stereocenters. The van der Waals surface area contributed by atoms with Crippen molar-refractivity contribution in [3.63, 3.8) is 0 Å². The molecule has 0 spiro atoms. The van der Waals surface area contributed by atoms with Gasteiger partial charge in [0.15, 0.2) is 0 Å². The van der Waals surface area contributed by atoms with Crippen molar-refractivity contribution in [1.82, 2.24) is 4.34 Å². The molecule has 13 heavy (non-hydrogen) atoms. The van der Waals surface area contributed by atoms with Crippen LogP contribution in [0.2, 0.25) is 0 Å². The lowest BCUT2D eigenvalue weighted by atomic mass is 10.3. The minimum atomic E-state index is -0.649. The largest absolute Gasteiger partial charge is 0.425 e. The van der Waals surface area contributed by atoms with E-state index in [4.69, 9.17) is 0 Å². The number of aromatic nitrogens is 1. The van der Waals surface area contributed by atoms with Gasteiger partial charge in [0.1, 0.15) is 4.83 Å². The monoisotopic (exact) mass is 215 g/mol. The lowest BCUT2D eigenvalue weighted by molar-refractivity contribution is 0.454. The van der Waals surface area contributed by atoms with E-state index >= 15 is 0 Å². The van der Waals surface area contributed by atoms with E-state index in [1.165, 1.54) is 15.7 Å². The quantitative estimate of drug-likeness (QED) is 0.615. The average molecular weight is 215 g/mol. The fraction of sp³-hybridized carbons (Fsp3) is 0.143. The Morgan fingerprint density at radius 1 is 1.54 bits per heavy atom. The van der Waals surface area contributed by atoms with Gasteiger partial charge >= 0.3 is 11.4 Å². The molecule has 2 heterocycles. The lowest BCUT2D eigenvalue weighted by Gasteiger charge is -1.95. The molecule has 0 radical (unpaired) electrons. The number of aryl methyl sites for hydroxylation is 1. The van der Waals surface area contributed by atoms with E-state index in [9.17, 15) is 9.59 Å². The highest BCUT2D eigenvalue weighted by Gasteiger charge is 2.10. The maximum atomic E-state index is 11.3. The van der Waals surface area contributed by atoms with Crippen LogP contribution in [0.5, 0.6) is 0 Å². The van der Waals surface area contributed by atoms with E-state index in [2.05, 4.69) is 13.8 Å². The number of thiophene rings is 1. The summed E-state index contributed by atoms with van der Waals surface area (Å²) >= 11 is 1.35. The highest BCUT2D eigenvalue weighted by Crippen LogP contribution is 2.21. The molecule has 0 aromatic carbocycles. The molecule has 0 saturated carbocycles. The Kier molecular flexibility index (Phi) is 1.86. The second-order valence-corrected chi connectivity index (χ2v) is 4.00. The summed E-state index contributed by atoms with van der Waals surface area (Å²) < 4.78 is 5.76. The van der Waals surface area contributed by atoms with Crippen LogP contribution >= 0.6 is 20.7 Å². The summed E-state index contributed by atoms with van der Waals surface area (Å²) in [5.41, 5.74) is 0.280. The SMILES string of the molecule is Cc1csc2c1c(=O)oc(=O)n2P. The van der Waals surface area contributed by atoms with Crippen molar-refractivity contribution in [2.45, 2.75) is 6.92 Å². The molecule has 0 aliphatic rings. The van der Waals surface area contributed by atoms with Crippen molar-refractivity contribution in [2.24, 2.45) is 0 Å². The predicted octanol–water partition coefficient (Wildman–Crippen LogP) is 0.963. The van der Waals surface area contributed by atoms with Gasteiger partial charge in [0.25, 0.3) is 0 Å². The molecule has 0 N–H and O–H groups in total. The third kappa shape index (κ3) is 1.16. The molecule has 2 rings (SSSR count). The standard InChI is InChI=1S/C7H6NO3PS/c1-3-2-13-5-4(3)6(9)11-7(10)8(5)12/h2H,12H2,1H3. The first-order chi connectivity index (χ1) is 6.11. The van der Waals surface area contributed by atoms with Crippen LogP contribution in [0.15, 0.2) is 19.4 Å². The minimum absolute atomic E-state index is 0.486. The maximum absolute atomic E-state index is 11.3. The number of rotatable bonds is 0. The molecule has 6 heteroatoms. The van der Waals surface area contributed by atoms with Gasteiger partial charge in [-0.15, -0.1) is 11.3 Å². The van der Waals surface area contributed by atoms with E-state index in [1.54, 1.807) is 0 Å². The Balaban J connectivity index is 3.18. The van der Waals surface area contributed by atoms with Crippen molar-refractivity contribution >= 4 is 30.9 Å². The van der Waals surface area contributed by atoms with Gasteiger partial charge in [0.05, 0.1) is 5.39 Å². The predicted molar refractivity (Wildman–Crippen MR) is 54.5 cm³/mol. The molecular weight excluding hydrogens is 209 g/mol. The van der Waals surface area contributed by atoms with Crippen molar-refractivity contribution in [2.75, 3.05) is 0 Å². The first-order valence-electron chi connectivity index (χ1n) is 3.50. The second kappa shape index (κ2) is 2.79. The Bertz CT molecular complexity index is 579. The molecule has 0 saturated heterocycles. The van der Waals surface area contributed by atoms with Gasteiger partial charge in [0.2, 0.25) is 0 Å². The van der Waals surface area contributed by atoms with Crippen molar-refractivity contribution in [1.29, 1.82) is 0 Å². The number of hydrogen-bond acceptors (Lipinski definition) is 4. The molecule has 0 bridgehead atoms. The summed E-state index contributed by atoms with van der Waals surface area (Å²) in [7, 11) is 2.22. The van der Waals surface area contributed by atoms with Crippen molar-refractivity contribution in [3.05, 3.63) is 31.9 Å². The Morgan fingerprint density at radius 2 is 2.23 bits per heavy atom. The molecular formula is C7H6NO3PS. The van der Waals surface area contributed by atoms with Gasteiger partial charge in [-0.05, 0) is 27.3 Å². The Labute approximate surface area is 79.1 Å². The van der Waals surface area contributed by atoms with Gasteiger partial charge in [-0.3, -0.25) is 4.34 Å². The van der Waals surface area contributed by atoms with Crippen LogP contribution in [0, 0.1) is 6.92 Å². The fourth-order valence-electron chi connectivity index (χ4n) is 1.12. The van der Waals surface area contributed by atoms with E-state index in [0.29, 0.717) is 10.2 Å². The van der Waals surface area contributed by atoms with Gasteiger partial charge in [-0.2, -0.15) is 0 Å². The maximum Gasteiger partial charge on any atom is 0.425 e. The zero-order valence-electron chi connectivity index (χ0n) is 6.73. The van der Waals surface area contributed by atoms with Crippen LogP contribution in [-0.2, 0) is 0 Å². The molecule has 4 nitrogen and oxygen atoms in total. The Hall–Kier alpha value is -0.930. The topological polar surface area (TPSA) is 52.2 Å². The van der Waals surface area contributed by atoms with Gasteiger partial charge < -0.3 is 4.42 Å². The van der Waals surface area contributed by atoms with E-state index in [1.807, 2.05) is 12.3 Å². The van der Waals surface area contributed by atoms with E-state index in [-0.39, 0.29) is 0 Å². The highest BCUT2D eigenvalue weighted by atomic mass is 32.1. The summed E-state index contributed by atoms with van der Waals surface area (Å²) in [6, 6.07) is 0. The lowest BCUT2D eigenvalue weighted by Crippen LogP contribution is -2.18. The fourth-order valence-corrected chi connectivity index (χ4v) is 2.44. The molecule has 0 fully saturated rings. The zero-order valence-corrected chi connectivity index (χ0v) is 8.71. The summed E-state index contributed by atoms with van der Waals surface area (Å²) in [5, 5.41) is 2.31. The van der Waals surface area contributed by atoms with Crippen LogP contribution < -0.4 is 11.4 Å². The third-order valence-electron chi connectivity index (χ3n) is 1.76. The Morgan fingerprint density at radius 3 is 2.92 bits per heavy atom. The highest BCUT2D eigenvalue weighted by molar-refractivity contribution is 7.21. The van der Waals surface area contributed by atoms with Crippen LogP contribution in [0.1, 0.15) is 5.56 Å². The first kappa shape index (κ1) is 8.66. The zero-order chi connectivity index (χ0) is 9.59. The molecule has 1 atom stereocenters. The molecule has 2 aromatic heterocycles. The summed E-state index contributed by atoms with van der Waals surface area (Å²) in [5.74, 6) is -0.649. The molecule has 0 aliphatic heterocycles. The second-order valence-electron chi connectivity index (χ2n) is 2.62. The van der Waals surface area contributed by atoms with Crippen LogP contribution in [0.3, 0.4) is 0 Å². The molecule has 0 aliphatic carbocycles. The van der Waals surface area contributed by atoms with E-state index < -0.39 is 11.4 Å². The molecule has 68 valence electrons. The third-order valence-corrected chi connectivity index (χ3v) is 3.51. The number of fused-ring (bicyclic) bond motifs is 1. The van der Waals surface area contributed by atoms with E-state index in [0.717, 1.165) is 5.56 Å². The smallest absolute Gasteiger partial charge is 0.372 e. The normalized spacial score (nSPS) is 10.9. The number of hydrogen-bond donors (Lipinski definition) is 0. The van der Waals surface area contributed by atoms with Crippen LogP contribution in [0.25, 0.3) is 10.2 Å². The summed E-state index contributed by atoms with van der Waals surface area (Å²) in [4.78, 5) is 22.9. The van der Waals surface area contributed by atoms with Crippen LogP contribution in [0.4, 0.5) is 0 Å². The van der Waals surface area contributed by atoms with Gasteiger partial charge in [-0.1, -0.05) is 0 Å². The first-order valence-corrected chi connectivity index (χ1v) is 4.90. The van der Waals surface area contributed by atoms with Crippen molar-refractivity contribution in [3.8, 4) is 0 Å². The minimum Gasteiger partial charge on any atom is -0.372 e. The summed E-state index contributed by atoms with van der Waals surface area (Å²) in [6.07, 6.45) is 0. The van der Waals surface area contributed by atoms with Crippen LogP contribution in [-0.4, -0.2) is 4.34 Å². The molecule has 2 aromatic rings. The van der Waals surface area contributed by atoms with Crippen molar-refractivity contribution < 1.29 is 4.42 Å². The van der Waals surface area contributed by atoms with Gasteiger partial charge in [0, 0.05) is 0 Å².